The van der Waals surface area contributed by atoms with Crippen LogP contribution in [0, 0.1) is 0 Å². The van der Waals surface area contributed by atoms with Crippen molar-refractivity contribution in [1.29, 1.82) is 0 Å². The van der Waals surface area contributed by atoms with Gasteiger partial charge in [0.2, 0.25) is 0 Å². The molecule has 5 nitrogen and oxygen atoms in total. The van der Waals surface area contributed by atoms with E-state index in [4.69, 9.17) is 9.72 Å². The summed E-state index contributed by atoms with van der Waals surface area (Å²) in [6.07, 6.45) is 3.60. The molecule has 4 rings (SSSR count). The first-order valence-corrected chi connectivity index (χ1v) is 11.2. The molecule has 156 valence electrons. The van der Waals surface area contributed by atoms with E-state index in [1.165, 1.54) is 0 Å². The number of nitrogens with zero attached hydrogens (tertiary/aromatic N) is 2. The molecule has 6 heteroatoms. The van der Waals surface area contributed by atoms with Crippen LogP contribution in [-0.4, -0.2) is 41.5 Å². The fourth-order valence-corrected chi connectivity index (χ4v) is 5.04. The lowest BCUT2D eigenvalue weighted by Gasteiger charge is -2.29. The third-order valence-electron chi connectivity index (χ3n) is 5.74. The number of fused-ring (bicyclic) bond motifs is 1. The van der Waals surface area contributed by atoms with E-state index in [-0.39, 0.29) is 12.5 Å². The van der Waals surface area contributed by atoms with E-state index in [9.17, 15) is 9.59 Å². The van der Waals surface area contributed by atoms with Gasteiger partial charge in [0.1, 0.15) is 0 Å². The molecule has 0 N–H and O–H groups in total. The molecule has 1 fully saturated rings. The smallest absolute Gasteiger partial charge is 0.317 e. The average molecular weight is 423 g/mol. The van der Waals surface area contributed by atoms with Gasteiger partial charge in [-0.1, -0.05) is 42.5 Å². The summed E-state index contributed by atoms with van der Waals surface area (Å²) in [6, 6.07) is 17.6. The Morgan fingerprint density at radius 2 is 1.73 bits per heavy atom. The zero-order chi connectivity index (χ0) is 21.0. The van der Waals surface area contributed by atoms with Gasteiger partial charge in [-0.15, -0.1) is 11.3 Å². The average Bonchev–Trinajstić information content (AvgIpc) is 3.20. The van der Waals surface area contributed by atoms with Crippen LogP contribution in [0.4, 0.5) is 0 Å². The van der Waals surface area contributed by atoms with E-state index in [1.807, 2.05) is 61.5 Å². The summed E-state index contributed by atoms with van der Waals surface area (Å²) >= 11 is 1.59. The highest BCUT2D eigenvalue weighted by atomic mass is 32.1. The number of piperidine rings is 1. The second-order valence-corrected chi connectivity index (χ2v) is 9.08. The molecule has 1 aliphatic heterocycles. The molecular weight excluding hydrogens is 396 g/mol. The number of likely N-dealkylation sites (tertiary alicyclic amines) is 1. The first kappa shape index (κ1) is 20.5. The van der Waals surface area contributed by atoms with E-state index < -0.39 is 11.4 Å². The van der Waals surface area contributed by atoms with Crippen molar-refractivity contribution in [1.82, 2.24) is 9.88 Å². The second kappa shape index (κ2) is 8.96. The molecule has 1 saturated heterocycles. The zero-order valence-electron chi connectivity index (χ0n) is 17.2. The van der Waals surface area contributed by atoms with Crippen LogP contribution in [-0.2, 0) is 26.2 Å². The molecular formula is C24H26N2O3S. The van der Waals surface area contributed by atoms with Crippen molar-refractivity contribution in [2.45, 2.75) is 38.0 Å². The molecule has 0 aliphatic carbocycles. The zero-order valence-corrected chi connectivity index (χ0v) is 18.0. The van der Waals surface area contributed by atoms with Crippen molar-refractivity contribution in [3.63, 3.8) is 0 Å². The van der Waals surface area contributed by atoms with Crippen LogP contribution >= 0.6 is 11.3 Å². The Bertz CT molecular complexity index is 994. The lowest BCUT2D eigenvalue weighted by Crippen LogP contribution is -2.41. The number of ether oxygens (including phenoxy) is 1. The molecule has 1 aromatic heterocycles. The molecule has 0 unspecified atom stereocenters. The molecule has 0 spiro atoms. The fourth-order valence-electron chi connectivity index (χ4n) is 3.92. The van der Waals surface area contributed by atoms with Crippen molar-refractivity contribution in [3.05, 3.63) is 65.2 Å². The molecule has 1 aliphatic rings. The highest BCUT2D eigenvalue weighted by Gasteiger charge is 2.38. The topological polar surface area (TPSA) is 59.5 Å². The summed E-state index contributed by atoms with van der Waals surface area (Å²) < 4.78 is 6.66. The van der Waals surface area contributed by atoms with Gasteiger partial charge in [0.25, 0.3) is 5.91 Å². The van der Waals surface area contributed by atoms with Gasteiger partial charge in [-0.3, -0.25) is 9.59 Å². The standard InChI is InChI=1S/C24H26N2O3S/c1-24(18-10-4-2-5-11-18,16-21-25-19-12-6-7-13-20(19)30-21)23(28)29-17-22(27)26-14-8-3-9-15-26/h2,4-7,10-13H,3,8-9,14-17H2,1H3/t24-/m1/s1. The predicted molar refractivity (Wildman–Crippen MR) is 119 cm³/mol. The largest absolute Gasteiger partial charge is 0.455 e. The summed E-state index contributed by atoms with van der Waals surface area (Å²) in [5.41, 5.74) is 0.873. The van der Waals surface area contributed by atoms with Gasteiger partial charge in [-0.05, 0) is 43.9 Å². The van der Waals surface area contributed by atoms with Crippen molar-refractivity contribution in [3.8, 4) is 0 Å². The number of amides is 1. The maximum Gasteiger partial charge on any atom is 0.317 e. The van der Waals surface area contributed by atoms with E-state index >= 15 is 0 Å². The van der Waals surface area contributed by atoms with Gasteiger partial charge in [-0.2, -0.15) is 0 Å². The van der Waals surface area contributed by atoms with E-state index in [2.05, 4.69) is 0 Å². The van der Waals surface area contributed by atoms with Gasteiger partial charge in [0, 0.05) is 19.5 Å². The summed E-state index contributed by atoms with van der Waals surface area (Å²) in [5.74, 6) is -0.503. The Hall–Kier alpha value is -2.73. The predicted octanol–water partition coefficient (Wildman–Crippen LogP) is 4.35. The summed E-state index contributed by atoms with van der Waals surface area (Å²) in [4.78, 5) is 32.2. The number of hydrogen-bond acceptors (Lipinski definition) is 5. The molecule has 3 aromatic rings. The first-order chi connectivity index (χ1) is 14.6. The summed E-state index contributed by atoms with van der Waals surface area (Å²) in [7, 11) is 0. The third-order valence-corrected chi connectivity index (χ3v) is 6.78. The number of rotatable bonds is 6. The van der Waals surface area contributed by atoms with E-state index in [1.54, 1.807) is 16.2 Å². The summed E-state index contributed by atoms with van der Waals surface area (Å²) in [6.45, 7) is 3.17. The fraction of sp³-hybridized carbons (Fsp3) is 0.375. The van der Waals surface area contributed by atoms with Crippen LogP contribution in [0.1, 0.15) is 36.8 Å². The molecule has 0 saturated carbocycles. The Balaban J connectivity index is 1.54. The van der Waals surface area contributed by atoms with Gasteiger partial charge < -0.3 is 9.64 Å². The van der Waals surface area contributed by atoms with Crippen molar-refractivity contribution in [2.75, 3.05) is 19.7 Å². The van der Waals surface area contributed by atoms with Gasteiger partial charge in [0.05, 0.1) is 20.6 Å². The number of carbonyl (C=O) groups excluding carboxylic acids is 2. The Kier molecular flexibility index (Phi) is 6.13. The highest BCUT2D eigenvalue weighted by molar-refractivity contribution is 7.18. The molecule has 2 heterocycles. The maximum atomic E-state index is 13.3. The number of esters is 1. The van der Waals surface area contributed by atoms with Crippen molar-refractivity contribution >= 4 is 33.4 Å². The Labute approximate surface area is 180 Å². The molecule has 1 atom stereocenters. The van der Waals surface area contributed by atoms with Crippen LogP contribution in [0.3, 0.4) is 0 Å². The molecule has 0 radical (unpaired) electrons. The number of para-hydroxylation sites is 1. The molecule has 30 heavy (non-hydrogen) atoms. The van der Waals surface area contributed by atoms with Crippen molar-refractivity contribution in [2.24, 2.45) is 0 Å². The lowest BCUT2D eigenvalue weighted by atomic mass is 9.79. The third kappa shape index (κ3) is 4.38. The van der Waals surface area contributed by atoms with Crippen LogP contribution in [0.2, 0.25) is 0 Å². The number of benzene rings is 2. The van der Waals surface area contributed by atoms with Gasteiger partial charge in [-0.25, -0.2) is 4.98 Å². The van der Waals surface area contributed by atoms with Gasteiger partial charge >= 0.3 is 5.97 Å². The minimum Gasteiger partial charge on any atom is -0.455 e. The second-order valence-electron chi connectivity index (χ2n) is 7.97. The van der Waals surface area contributed by atoms with Crippen LogP contribution in [0.15, 0.2) is 54.6 Å². The van der Waals surface area contributed by atoms with E-state index in [0.717, 1.165) is 53.1 Å². The minimum absolute atomic E-state index is 0.113. The highest BCUT2D eigenvalue weighted by Crippen LogP contribution is 2.33. The van der Waals surface area contributed by atoms with Crippen LogP contribution in [0.25, 0.3) is 10.2 Å². The van der Waals surface area contributed by atoms with Crippen LogP contribution in [0.5, 0.6) is 0 Å². The number of carbonyl (C=O) groups is 2. The van der Waals surface area contributed by atoms with Crippen molar-refractivity contribution < 1.29 is 14.3 Å². The molecule has 0 bridgehead atoms. The number of thiazole rings is 1. The Morgan fingerprint density at radius 1 is 1.03 bits per heavy atom. The maximum absolute atomic E-state index is 13.3. The SMILES string of the molecule is C[C@](Cc1nc2ccccc2s1)(C(=O)OCC(=O)N1CCCCC1)c1ccccc1. The first-order valence-electron chi connectivity index (χ1n) is 10.4. The molecule has 1 amide bonds. The molecule has 2 aromatic carbocycles. The Morgan fingerprint density at radius 3 is 2.47 bits per heavy atom. The van der Waals surface area contributed by atoms with Crippen LogP contribution < -0.4 is 0 Å². The quantitative estimate of drug-likeness (QED) is 0.554. The van der Waals surface area contributed by atoms with E-state index in [0.29, 0.717) is 6.42 Å². The summed E-state index contributed by atoms with van der Waals surface area (Å²) in [5, 5.41) is 0.877. The number of aromatic nitrogens is 1. The van der Waals surface area contributed by atoms with Gasteiger partial charge in [0.15, 0.2) is 6.61 Å². The minimum atomic E-state index is -0.919. The normalized spacial score (nSPS) is 16.2. The monoisotopic (exact) mass is 422 g/mol. The number of hydrogen-bond donors (Lipinski definition) is 0. The lowest BCUT2D eigenvalue weighted by molar-refractivity contribution is -0.157.